The molecular formula is C13H21N5O. The highest BCUT2D eigenvalue weighted by molar-refractivity contribution is 5.98. The molecule has 1 fully saturated rings. The maximum atomic E-state index is 12.1. The number of rotatable bonds is 5. The van der Waals surface area contributed by atoms with Crippen LogP contribution in [-0.4, -0.2) is 41.5 Å². The average Bonchev–Trinajstić information content (AvgIpc) is 2.91. The van der Waals surface area contributed by atoms with Gasteiger partial charge in [0.1, 0.15) is 0 Å². The fourth-order valence-corrected chi connectivity index (χ4v) is 2.40. The van der Waals surface area contributed by atoms with E-state index in [9.17, 15) is 4.79 Å². The number of hydrogen-bond donors (Lipinski definition) is 3. The lowest BCUT2D eigenvalue weighted by molar-refractivity contribution is 0.0932. The van der Waals surface area contributed by atoms with E-state index >= 15 is 0 Å². The van der Waals surface area contributed by atoms with Crippen molar-refractivity contribution in [2.45, 2.75) is 25.8 Å². The zero-order chi connectivity index (χ0) is 13.7. The van der Waals surface area contributed by atoms with Crippen LogP contribution < -0.4 is 16.6 Å². The predicted octanol–water partition coefficient (Wildman–Crippen LogP) is 0.581. The summed E-state index contributed by atoms with van der Waals surface area (Å²) in [6.07, 6.45) is 4.11. The van der Waals surface area contributed by atoms with Crippen molar-refractivity contribution in [2.24, 2.45) is 5.84 Å². The van der Waals surface area contributed by atoms with Crippen molar-refractivity contribution in [2.75, 3.05) is 25.1 Å². The van der Waals surface area contributed by atoms with Gasteiger partial charge in [-0.25, -0.2) is 10.8 Å². The maximum Gasteiger partial charge on any atom is 0.255 e. The molecule has 0 bridgehead atoms. The van der Waals surface area contributed by atoms with Crippen LogP contribution in [0.15, 0.2) is 18.3 Å². The molecule has 1 saturated heterocycles. The fourth-order valence-electron chi connectivity index (χ4n) is 2.40. The van der Waals surface area contributed by atoms with E-state index in [4.69, 9.17) is 5.84 Å². The Morgan fingerprint density at radius 3 is 2.95 bits per heavy atom. The molecule has 1 aromatic rings. The van der Waals surface area contributed by atoms with E-state index in [1.807, 2.05) is 6.92 Å². The van der Waals surface area contributed by atoms with Gasteiger partial charge in [-0.15, -0.1) is 0 Å². The molecule has 4 N–H and O–H groups in total. The molecule has 6 heteroatoms. The lowest BCUT2D eigenvalue weighted by Gasteiger charge is -2.21. The Balaban J connectivity index is 1.92. The Labute approximate surface area is 113 Å². The largest absolute Gasteiger partial charge is 0.348 e. The number of hydrogen-bond acceptors (Lipinski definition) is 5. The van der Waals surface area contributed by atoms with Gasteiger partial charge in [0.05, 0.1) is 5.56 Å². The third-order valence-corrected chi connectivity index (χ3v) is 3.30. The Morgan fingerprint density at radius 1 is 1.53 bits per heavy atom. The molecule has 1 aliphatic rings. The van der Waals surface area contributed by atoms with E-state index < -0.39 is 0 Å². The first kappa shape index (κ1) is 13.8. The van der Waals surface area contributed by atoms with Gasteiger partial charge in [-0.2, -0.15) is 0 Å². The van der Waals surface area contributed by atoms with Crippen LogP contribution in [0.4, 0.5) is 5.82 Å². The molecule has 0 spiro atoms. The van der Waals surface area contributed by atoms with Gasteiger partial charge < -0.3 is 15.6 Å². The minimum absolute atomic E-state index is 0.108. The minimum Gasteiger partial charge on any atom is -0.348 e. The second-order valence-corrected chi connectivity index (χ2v) is 4.93. The summed E-state index contributed by atoms with van der Waals surface area (Å²) in [6.45, 7) is 5.16. The van der Waals surface area contributed by atoms with Crippen molar-refractivity contribution in [1.82, 2.24) is 15.2 Å². The number of nitrogens with one attached hydrogen (secondary N) is 2. The molecule has 1 aliphatic heterocycles. The molecule has 0 radical (unpaired) electrons. The van der Waals surface area contributed by atoms with Crippen LogP contribution in [0.5, 0.6) is 0 Å². The van der Waals surface area contributed by atoms with Gasteiger partial charge in [0.15, 0.2) is 5.82 Å². The number of nitrogen functional groups attached to an aromatic ring is 1. The molecule has 1 amide bonds. The molecule has 19 heavy (non-hydrogen) atoms. The van der Waals surface area contributed by atoms with Gasteiger partial charge in [-0.1, -0.05) is 0 Å². The highest BCUT2D eigenvalue weighted by Crippen LogP contribution is 2.11. The van der Waals surface area contributed by atoms with E-state index in [1.165, 1.54) is 12.8 Å². The molecule has 0 aliphatic carbocycles. The van der Waals surface area contributed by atoms with Crippen molar-refractivity contribution in [1.29, 1.82) is 0 Å². The van der Waals surface area contributed by atoms with Crippen molar-refractivity contribution in [3.63, 3.8) is 0 Å². The number of hydrazine groups is 1. The SMILES string of the molecule is CC(CN1CCCC1)NC(=O)c1cccnc1NN. The highest BCUT2D eigenvalue weighted by Gasteiger charge is 2.18. The lowest BCUT2D eigenvalue weighted by atomic mass is 10.2. The summed E-state index contributed by atoms with van der Waals surface area (Å²) in [4.78, 5) is 18.5. The van der Waals surface area contributed by atoms with Gasteiger partial charge in [0, 0.05) is 18.8 Å². The molecule has 1 atom stereocenters. The zero-order valence-electron chi connectivity index (χ0n) is 11.2. The topological polar surface area (TPSA) is 83.3 Å². The summed E-state index contributed by atoms with van der Waals surface area (Å²) in [5.74, 6) is 5.60. The number of amides is 1. The smallest absolute Gasteiger partial charge is 0.255 e. The summed E-state index contributed by atoms with van der Waals surface area (Å²) in [7, 11) is 0. The monoisotopic (exact) mass is 263 g/mol. The molecule has 2 heterocycles. The number of carbonyl (C=O) groups is 1. The van der Waals surface area contributed by atoms with Crippen LogP contribution in [0.3, 0.4) is 0 Å². The van der Waals surface area contributed by atoms with Crippen LogP contribution in [0, 0.1) is 0 Å². The number of likely N-dealkylation sites (tertiary alicyclic amines) is 1. The molecule has 0 saturated carbocycles. The maximum absolute atomic E-state index is 12.1. The Kier molecular flexibility index (Phi) is 4.70. The Bertz CT molecular complexity index is 431. The number of aromatic nitrogens is 1. The molecule has 1 unspecified atom stereocenters. The summed E-state index contributed by atoms with van der Waals surface area (Å²) >= 11 is 0. The standard InChI is InChI=1S/C13H21N5O/c1-10(9-18-7-2-3-8-18)16-13(19)11-5-4-6-15-12(11)17-14/h4-6,10H,2-3,7-9,14H2,1H3,(H,15,17)(H,16,19). The van der Waals surface area contributed by atoms with Crippen LogP contribution in [0.1, 0.15) is 30.1 Å². The Morgan fingerprint density at radius 2 is 2.26 bits per heavy atom. The normalized spacial score (nSPS) is 17.2. The van der Waals surface area contributed by atoms with Crippen LogP contribution in [0.25, 0.3) is 0 Å². The van der Waals surface area contributed by atoms with E-state index in [2.05, 4.69) is 20.6 Å². The van der Waals surface area contributed by atoms with E-state index in [1.54, 1.807) is 18.3 Å². The quantitative estimate of drug-likeness (QED) is 0.535. The molecule has 0 aromatic carbocycles. The van der Waals surface area contributed by atoms with E-state index in [0.29, 0.717) is 11.4 Å². The van der Waals surface area contributed by atoms with Crippen LogP contribution in [0.2, 0.25) is 0 Å². The fraction of sp³-hybridized carbons (Fsp3) is 0.538. The predicted molar refractivity (Wildman–Crippen MR) is 74.6 cm³/mol. The van der Waals surface area contributed by atoms with Crippen molar-refractivity contribution in [3.05, 3.63) is 23.9 Å². The van der Waals surface area contributed by atoms with E-state index in [-0.39, 0.29) is 11.9 Å². The summed E-state index contributed by atoms with van der Waals surface area (Å²) < 4.78 is 0. The molecule has 104 valence electrons. The third-order valence-electron chi connectivity index (χ3n) is 3.30. The first-order valence-corrected chi connectivity index (χ1v) is 6.65. The summed E-state index contributed by atoms with van der Waals surface area (Å²) in [5, 5.41) is 2.98. The first-order valence-electron chi connectivity index (χ1n) is 6.65. The Hall–Kier alpha value is -1.66. The number of pyridine rings is 1. The molecule has 2 rings (SSSR count). The van der Waals surface area contributed by atoms with Gasteiger partial charge in [-0.05, 0) is 45.0 Å². The van der Waals surface area contributed by atoms with Crippen molar-refractivity contribution >= 4 is 11.7 Å². The highest BCUT2D eigenvalue weighted by atomic mass is 16.1. The number of nitrogens with two attached hydrogens (primary N) is 1. The average molecular weight is 263 g/mol. The summed E-state index contributed by atoms with van der Waals surface area (Å²) in [6, 6.07) is 3.54. The zero-order valence-corrected chi connectivity index (χ0v) is 11.2. The third kappa shape index (κ3) is 3.65. The van der Waals surface area contributed by atoms with Gasteiger partial charge >= 0.3 is 0 Å². The molecular weight excluding hydrogens is 242 g/mol. The number of carbonyl (C=O) groups excluding carboxylic acids is 1. The van der Waals surface area contributed by atoms with Gasteiger partial charge in [-0.3, -0.25) is 4.79 Å². The lowest BCUT2D eigenvalue weighted by Crippen LogP contribution is -2.41. The minimum atomic E-state index is -0.146. The van der Waals surface area contributed by atoms with E-state index in [0.717, 1.165) is 19.6 Å². The molecule has 1 aromatic heterocycles. The van der Waals surface area contributed by atoms with Gasteiger partial charge in [0.2, 0.25) is 0 Å². The first-order chi connectivity index (χ1) is 9.20. The number of nitrogens with zero attached hydrogens (tertiary/aromatic N) is 2. The second kappa shape index (κ2) is 6.49. The van der Waals surface area contributed by atoms with Crippen LogP contribution >= 0.6 is 0 Å². The molecule has 6 nitrogen and oxygen atoms in total. The van der Waals surface area contributed by atoms with Crippen LogP contribution in [-0.2, 0) is 0 Å². The van der Waals surface area contributed by atoms with Crippen molar-refractivity contribution in [3.8, 4) is 0 Å². The number of anilines is 1. The second-order valence-electron chi connectivity index (χ2n) is 4.93. The van der Waals surface area contributed by atoms with Gasteiger partial charge in [0.25, 0.3) is 5.91 Å². The summed E-state index contributed by atoms with van der Waals surface area (Å²) in [5.41, 5.74) is 2.91. The van der Waals surface area contributed by atoms with Crippen molar-refractivity contribution < 1.29 is 4.79 Å².